The van der Waals surface area contributed by atoms with Crippen molar-refractivity contribution in [3.05, 3.63) is 35.4 Å². The maximum atomic E-state index is 11.9. The number of hydrogen-bond acceptors (Lipinski definition) is 5. The summed E-state index contributed by atoms with van der Waals surface area (Å²) in [6, 6.07) is 4.05. The Labute approximate surface area is 133 Å². The molecule has 2 aromatic heterocycles. The van der Waals surface area contributed by atoms with E-state index in [-0.39, 0.29) is 5.97 Å². The lowest BCUT2D eigenvalue weighted by Gasteiger charge is -2.26. The van der Waals surface area contributed by atoms with E-state index in [4.69, 9.17) is 4.74 Å². The van der Waals surface area contributed by atoms with Gasteiger partial charge in [-0.15, -0.1) is 0 Å². The molecule has 0 spiro atoms. The third-order valence-electron chi connectivity index (χ3n) is 4.29. The Morgan fingerprint density at radius 2 is 2.27 bits per heavy atom. The maximum absolute atomic E-state index is 11.9. The zero-order valence-electron chi connectivity index (χ0n) is 12.5. The summed E-state index contributed by atoms with van der Waals surface area (Å²) in [7, 11) is 1.44. The number of carbonyl (C=O) groups is 1. The van der Waals surface area contributed by atoms with Crippen LogP contribution < -0.4 is 0 Å². The molecule has 116 valence electrons. The van der Waals surface area contributed by atoms with E-state index in [1.54, 1.807) is 11.9 Å². The van der Waals surface area contributed by atoms with Crippen molar-refractivity contribution in [2.45, 2.75) is 37.4 Å². The van der Waals surface area contributed by atoms with Gasteiger partial charge in [0.2, 0.25) is 0 Å². The Balaban J connectivity index is 1.58. The van der Waals surface area contributed by atoms with Crippen LogP contribution in [0.1, 0.15) is 28.3 Å². The number of ether oxygens (including phenoxy) is 1. The predicted molar refractivity (Wildman–Crippen MR) is 82.6 cm³/mol. The highest BCUT2D eigenvalue weighted by Gasteiger charge is 2.26. The lowest BCUT2D eigenvalue weighted by molar-refractivity contribution is 0.0589. The number of carbonyl (C=O) groups excluding carboxylic acids is 1. The third-order valence-corrected chi connectivity index (χ3v) is 5.41. The summed E-state index contributed by atoms with van der Waals surface area (Å²) >= 11 is 1.75. The number of esters is 1. The quantitative estimate of drug-likeness (QED) is 0.639. The van der Waals surface area contributed by atoms with E-state index in [0.29, 0.717) is 5.69 Å². The summed E-state index contributed by atoms with van der Waals surface area (Å²) in [5.41, 5.74) is 3.19. The molecular weight excluding hydrogens is 300 g/mol. The number of fused-ring (bicyclic) bond motifs is 2. The highest BCUT2D eigenvalue weighted by atomic mass is 32.2. The first-order chi connectivity index (χ1) is 10.8. The minimum atomic E-state index is -0.244. The van der Waals surface area contributed by atoms with Gasteiger partial charge in [-0.3, -0.25) is 4.68 Å². The van der Waals surface area contributed by atoms with E-state index >= 15 is 0 Å². The summed E-state index contributed by atoms with van der Waals surface area (Å²) in [4.78, 5) is 13.1. The monoisotopic (exact) mass is 318 g/mol. The van der Waals surface area contributed by atoms with Crippen LogP contribution in [0, 0.1) is 0 Å². The van der Waals surface area contributed by atoms with Gasteiger partial charge in [0.05, 0.1) is 25.9 Å². The Kier molecular flexibility index (Phi) is 3.46. The molecule has 4 rings (SSSR count). The van der Waals surface area contributed by atoms with E-state index < -0.39 is 0 Å². The van der Waals surface area contributed by atoms with Gasteiger partial charge in [-0.05, 0) is 36.9 Å². The SMILES string of the molecule is COC(=O)c1cc(SN2CCn3nccc3C2)c2n1CCC2. The summed E-state index contributed by atoms with van der Waals surface area (Å²) in [5.74, 6) is -0.244. The number of nitrogens with zero attached hydrogens (tertiary/aromatic N) is 4. The van der Waals surface area contributed by atoms with Crippen molar-refractivity contribution in [2.24, 2.45) is 0 Å². The zero-order valence-corrected chi connectivity index (χ0v) is 13.3. The predicted octanol–water partition coefficient (Wildman–Crippen LogP) is 1.94. The van der Waals surface area contributed by atoms with Crippen LogP contribution in [0.5, 0.6) is 0 Å². The second-order valence-electron chi connectivity index (χ2n) is 5.59. The van der Waals surface area contributed by atoms with Gasteiger partial charge in [0.25, 0.3) is 0 Å². The van der Waals surface area contributed by atoms with Gasteiger partial charge in [-0.2, -0.15) is 5.10 Å². The van der Waals surface area contributed by atoms with Crippen molar-refractivity contribution >= 4 is 17.9 Å². The largest absolute Gasteiger partial charge is 0.464 e. The molecule has 0 saturated carbocycles. The number of rotatable bonds is 3. The van der Waals surface area contributed by atoms with Gasteiger partial charge < -0.3 is 9.30 Å². The Bertz CT molecular complexity index is 721. The van der Waals surface area contributed by atoms with Crippen LogP contribution in [0.3, 0.4) is 0 Å². The smallest absolute Gasteiger partial charge is 0.354 e. The second kappa shape index (κ2) is 5.48. The summed E-state index contributed by atoms with van der Waals surface area (Å²) in [6.07, 6.45) is 3.99. The van der Waals surface area contributed by atoms with Crippen molar-refractivity contribution < 1.29 is 9.53 Å². The molecule has 0 unspecified atom stereocenters. The molecule has 6 nitrogen and oxygen atoms in total. The van der Waals surface area contributed by atoms with Crippen molar-refractivity contribution in [2.75, 3.05) is 13.7 Å². The average Bonchev–Trinajstić information content (AvgIpc) is 3.23. The van der Waals surface area contributed by atoms with Crippen LogP contribution in [0.4, 0.5) is 0 Å². The highest BCUT2D eigenvalue weighted by molar-refractivity contribution is 7.97. The van der Waals surface area contributed by atoms with Gasteiger partial charge in [0.15, 0.2) is 0 Å². The van der Waals surface area contributed by atoms with Gasteiger partial charge in [-0.25, -0.2) is 9.10 Å². The lowest BCUT2D eigenvalue weighted by Crippen LogP contribution is -2.28. The number of methoxy groups -OCH3 is 1. The van der Waals surface area contributed by atoms with E-state index in [1.807, 2.05) is 12.3 Å². The first-order valence-electron chi connectivity index (χ1n) is 7.50. The molecule has 22 heavy (non-hydrogen) atoms. The molecule has 0 saturated heterocycles. The lowest BCUT2D eigenvalue weighted by atomic mass is 10.3. The summed E-state index contributed by atoms with van der Waals surface area (Å²) in [6.45, 7) is 3.66. The minimum Gasteiger partial charge on any atom is -0.464 e. The van der Waals surface area contributed by atoms with E-state index in [1.165, 1.54) is 23.4 Å². The first-order valence-corrected chi connectivity index (χ1v) is 8.28. The second-order valence-corrected chi connectivity index (χ2v) is 6.73. The molecule has 2 aliphatic rings. The molecule has 2 aromatic rings. The minimum absolute atomic E-state index is 0.244. The fraction of sp³-hybridized carbons (Fsp3) is 0.467. The van der Waals surface area contributed by atoms with E-state index in [2.05, 4.69) is 24.7 Å². The molecule has 4 heterocycles. The molecular formula is C15H18N4O2S. The van der Waals surface area contributed by atoms with Crippen LogP contribution in [0.15, 0.2) is 23.2 Å². The molecule has 0 radical (unpaired) electrons. The topological polar surface area (TPSA) is 52.3 Å². The van der Waals surface area contributed by atoms with Crippen LogP contribution >= 0.6 is 11.9 Å². The number of aromatic nitrogens is 3. The number of hydrogen-bond donors (Lipinski definition) is 0. The van der Waals surface area contributed by atoms with E-state index in [0.717, 1.165) is 39.0 Å². The normalized spacial score (nSPS) is 17.3. The molecule has 0 atom stereocenters. The van der Waals surface area contributed by atoms with Gasteiger partial charge in [0, 0.05) is 29.9 Å². The highest BCUT2D eigenvalue weighted by Crippen LogP contribution is 2.35. The molecule has 0 bridgehead atoms. The maximum Gasteiger partial charge on any atom is 0.354 e. The van der Waals surface area contributed by atoms with Crippen molar-refractivity contribution in [3.63, 3.8) is 0 Å². The Morgan fingerprint density at radius 1 is 1.36 bits per heavy atom. The molecule has 0 aromatic carbocycles. The summed E-state index contributed by atoms with van der Waals surface area (Å²) < 4.78 is 11.4. The van der Waals surface area contributed by atoms with Crippen molar-refractivity contribution in [1.82, 2.24) is 18.7 Å². The third kappa shape index (κ3) is 2.24. The first kappa shape index (κ1) is 13.9. The zero-order chi connectivity index (χ0) is 15.1. The molecule has 2 aliphatic heterocycles. The van der Waals surface area contributed by atoms with Gasteiger partial charge in [-0.1, -0.05) is 0 Å². The van der Waals surface area contributed by atoms with Crippen molar-refractivity contribution in [1.29, 1.82) is 0 Å². The van der Waals surface area contributed by atoms with Crippen LogP contribution in [-0.4, -0.2) is 38.3 Å². The fourth-order valence-corrected chi connectivity index (χ4v) is 4.34. The average molecular weight is 318 g/mol. The van der Waals surface area contributed by atoms with E-state index in [9.17, 15) is 4.79 Å². The Hall–Kier alpha value is -1.73. The molecule has 0 amide bonds. The summed E-state index contributed by atoms with van der Waals surface area (Å²) in [5, 5.41) is 4.31. The molecule has 0 fully saturated rings. The van der Waals surface area contributed by atoms with Crippen molar-refractivity contribution in [3.8, 4) is 0 Å². The van der Waals surface area contributed by atoms with Gasteiger partial charge in [0.1, 0.15) is 5.69 Å². The Morgan fingerprint density at radius 3 is 3.14 bits per heavy atom. The molecule has 7 heteroatoms. The molecule has 0 N–H and O–H groups in total. The van der Waals surface area contributed by atoms with Crippen LogP contribution in [0.2, 0.25) is 0 Å². The van der Waals surface area contributed by atoms with Crippen LogP contribution in [0.25, 0.3) is 0 Å². The standard InChI is InChI=1S/C15H18N4O2S/c1-21-15(20)13-9-14(12-3-2-6-18(12)13)22-17-7-8-19-11(10-17)4-5-16-19/h4-5,9H,2-3,6-8,10H2,1H3. The fourth-order valence-electron chi connectivity index (χ4n) is 3.21. The molecule has 0 aliphatic carbocycles. The van der Waals surface area contributed by atoms with Gasteiger partial charge >= 0.3 is 5.97 Å². The van der Waals surface area contributed by atoms with Crippen LogP contribution in [-0.2, 0) is 30.8 Å².